The van der Waals surface area contributed by atoms with Gasteiger partial charge in [0.05, 0.1) is 7.11 Å². The van der Waals surface area contributed by atoms with Gasteiger partial charge < -0.3 is 10.5 Å². The lowest BCUT2D eigenvalue weighted by Crippen LogP contribution is -2.11. The van der Waals surface area contributed by atoms with Crippen molar-refractivity contribution in [3.63, 3.8) is 0 Å². The van der Waals surface area contributed by atoms with Crippen LogP contribution >= 0.6 is 23.1 Å². The third kappa shape index (κ3) is 3.45. The van der Waals surface area contributed by atoms with Crippen molar-refractivity contribution >= 4 is 28.9 Å². The molecule has 1 heterocycles. The van der Waals surface area contributed by atoms with E-state index in [0.717, 1.165) is 20.7 Å². The quantitative estimate of drug-likeness (QED) is 0.502. The van der Waals surface area contributed by atoms with Crippen molar-refractivity contribution in [2.45, 2.75) is 17.0 Å². The van der Waals surface area contributed by atoms with Crippen LogP contribution in [0.25, 0.3) is 0 Å². The van der Waals surface area contributed by atoms with Crippen LogP contribution in [-0.2, 0) is 5.75 Å². The zero-order chi connectivity index (χ0) is 13.8. The Balaban J connectivity index is 2.17. The predicted octanol–water partition coefficient (Wildman–Crippen LogP) is 2.43. The highest BCUT2D eigenvalue weighted by atomic mass is 32.2. The number of ether oxygens (including phenoxy) is 1. The molecule has 0 unspecified atom stereocenters. The summed E-state index contributed by atoms with van der Waals surface area (Å²) in [6, 6.07) is 5.49. The van der Waals surface area contributed by atoms with E-state index in [4.69, 9.17) is 15.9 Å². The minimum Gasteiger partial charge on any atom is -0.496 e. The number of amidine groups is 1. The molecule has 0 aliphatic rings. The fraction of sp³-hybridized carbons (Fsp3) is 0.250. The van der Waals surface area contributed by atoms with Crippen molar-refractivity contribution < 1.29 is 4.74 Å². The number of benzene rings is 1. The Bertz CT molecular complexity index is 597. The average Bonchev–Trinajstić information content (AvgIpc) is 2.81. The normalized spacial score (nSPS) is 10.4. The summed E-state index contributed by atoms with van der Waals surface area (Å²) in [5, 5.41) is 16.5. The highest BCUT2D eigenvalue weighted by Crippen LogP contribution is 2.30. The molecule has 0 amide bonds. The molecular formula is C12H14N4OS2. The van der Waals surface area contributed by atoms with Crippen LogP contribution in [-0.4, -0.2) is 23.1 Å². The summed E-state index contributed by atoms with van der Waals surface area (Å²) in [5.41, 5.74) is 7.19. The second-order valence-electron chi connectivity index (χ2n) is 3.82. The number of nitrogens with zero attached hydrogens (tertiary/aromatic N) is 2. The Hall–Kier alpha value is -1.60. The molecule has 1 aromatic carbocycles. The Morgan fingerprint density at radius 3 is 2.84 bits per heavy atom. The molecule has 0 aliphatic heterocycles. The molecule has 5 nitrogen and oxygen atoms in total. The van der Waals surface area contributed by atoms with Crippen molar-refractivity contribution in [1.82, 2.24) is 10.2 Å². The van der Waals surface area contributed by atoms with Gasteiger partial charge in [-0.25, -0.2) is 0 Å². The largest absolute Gasteiger partial charge is 0.496 e. The van der Waals surface area contributed by atoms with Gasteiger partial charge in [-0.2, -0.15) is 0 Å². The Morgan fingerprint density at radius 2 is 2.26 bits per heavy atom. The number of aryl methyl sites for hydroxylation is 1. The molecule has 100 valence electrons. The Kier molecular flexibility index (Phi) is 4.39. The van der Waals surface area contributed by atoms with Crippen molar-refractivity contribution in [3.8, 4) is 5.75 Å². The molecule has 0 saturated carbocycles. The summed E-state index contributed by atoms with van der Waals surface area (Å²) in [6.07, 6.45) is 0. The van der Waals surface area contributed by atoms with Gasteiger partial charge in [-0.1, -0.05) is 23.1 Å². The van der Waals surface area contributed by atoms with Gasteiger partial charge in [0.2, 0.25) is 0 Å². The first-order valence-corrected chi connectivity index (χ1v) is 7.34. The van der Waals surface area contributed by atoms with Gasteiger partial charge in [-0.3, -0.25) is 5.41 Å². The standard InChI is InChI=1S/C12H14N4OS2/c1-7-15-16-12(19-7)18-6-9-5-8(11(13)14)3-4-10(9)17-2/h3-5H,6H2,1-2H3,(H3,13,14). The molecule has 0 bridgehead atoms. The summed E-state index contributed by atoms with van der Waals surface area (Å²) in [5.74, 6) is 1.55. The van der Waals surface area contributed by atoms with Crippen molar-refractivity contribution in [3.05, 3.63) is 34.3 Å². The molecule has 0 aliphatic carbocycles. The summed E-state index contributed by atoms with van der Waals surface area (Å²) in [7, 11) is 1.63. The van der Waals surface area contributed by atoms with E-state index < -0.39 is 0 Å². The summed E-state index contributed by atoms with van der Waals surface area (Å²) in [6.45, 7) is 1.93. The van der Waals surface area contributed by atoms with Gasteiger partial charge in [-0.15, -0.1) is 10.2 Å². The minimum absolute atomic E-state index is 0.0562. The predicted molar refractivity (Wildman–Crippen MR) is 78.2 cm³/mol. The second kappa shape index (κ2) is 6.03. The van der Waals surface area contributed by atoms with Crippen LogP contribution in [0.4, 0.5) is 0 Å². The van der Waals surface area contributed by atoms with E-state index in [0.29, 0.717) is 11.3 Å². The third-order valence-electron chi connectivity index (χ3n) is 2.45. The van der Waals surface area contributed by atoms with E-state index in [1.807, 2.05) is 19.1 Å². The van der Waals surface area contributed by atoms with Gasteiger partial charge in [0.25, 0.3) is 0 Å². The van der Waals surface area contributed by atoms with Crippen LogP contribution in [0.5, 0.6) is 5.75 Å². The van der Waals surface area contributed by atoms with Crippen LogP contribution in [0.15, 0.2) is 22.5 Å². The summed E-state index contributed by atoms with van der Waals surface area (Å²) in [4.78, 5) is 0. The van der Waals surface area contributed by atoms with Gasteiger partial charge in [-0.05, 0) is 25.1 Å². The first-order chi connectivity index (χ1) is 9.10. The monoisotopic (exact) mass is 294 g/mol. The van der Waals surface area contributed by atoms with E-state index in [1.54, 1.807) is 36.3 Å². The molecule has 2 aromatic rings. The first kappa shape index (κ1) is 13.8. The maximum atomic E-state index is 7.47. The number of hydrogen-bond donors (Lipinski definition) is 2. The summed E-state index contributed by atoms with van der Waals surface area (Å²) >= 11 is 3.16. The average molecular weight is 294 g/mol. The lowest BCUT2D eigenvalue weighted by molar-refractivity contribution is 0.411. The van der Waals surface area contributed by atoms with Crippen molar-refractivity contribution in [2.24, 2.45) is 5.73 Å². The third-order valence-corrected chi connectivity index (χ3v) is 4.47. The van der Waals surface area contributed by atoms with E-state index in [-0.39, 0.29) is 5.84 Å². The molecule has 1 aromatic heterocycles. The van der Waals surface area contributed by atoms with Gasteiger partial charge in [0.1, 0.15) is 16.6 Å². The van der Waals surface area contributed by atoms with Gasteiger partial charge in [0, 0.05) is 16.9 Å². The number of thioether (sulfide) groups is 1. The number of nitrogens with two attached hydrogens (primary N) is 1. The zero-order valence-corrected chi connectivity index (χ0v) is 12.3. The van der Waals surface area contributed by atoms with E-state index >= 15 is 0 Å². The van der Waals surface area contributed by atoms with Crippen molar-refractivity contribution in [1.29, 1.82) is 5.41 Å². The fourth-order valence-corrected chi connectivity index (χ4v) is 3.33. The molecule has 2 rings (SSSR count). The lowest BCUT2D eigenvalue weighted by Gasteiger charge is -2.09. The molecule has 0 spiro atoms. The maximum Gasteiger partial charge on any atom is 0.174 e. The number of aromatic nitrogens is 2. The van der Waals surface area contributed by atoms with E-state index in [9.17, 15) is 0 Å². The molecule has 0 atom stereocenters. The van der Waals surface area contributed by atoms with Crippen LogP contribution in [0.3, 0.4) is 0 Å². The molecule has 3 N–H and O–H groups in total. The van der Waals surface area contributed by atoms with Gasteiger partial charge in [0.15, 0.2) is 4.34 Å². The summed E-state index contributed by atoms with van der Waals surface area (Å²) < 4.78 is 6.24. The molecule has 0 radical (unpaired) electrons. The molecule has 0 fully saturated rings. The number of methoxy groups -OCH3 is 1. The van der Waals surface area contributed by atoms with E-state index in [2.05, 4.69) is 10.2 Å². The van der Waals surface area contributed by atoms with Crippen LogP contribution in [0, 0.1) is 12.3 Å². The Morgan fingerprint density at radius 1 is 1.47 bits per heavy atom. The minimum atomic E-state index is 0.0562. The Labute approximate surface area is 119 Å². The van der Waals surface area contributed by atoms with Crippen LogP contribution in [0.1, 0.15) is 16.1 Å². The second-order valence-corrected chi connectivity index (χ2v) is 6.22. The van der Waals surface area contributed by atoms with Crippen molar-refractivity contribution in [2.75, 3.05) is 7.11 Å². The molecule has 0 saturated heterocycles. The highest BCUT2D eigenvalue weighted by Gasteiger charge is 2.08. The van der Waals surface area contributed by atoms with E-state index in [1.165, 1.54) is 0 Å². The highest BCUT2D eigenvalue weighted by molar-refractivity contribution is 8.00. The fourth-order valence-electron chi connectivity index (χ4n) is 1.54. The number of rotatable bonds is 5. The lowest BCUT2D eigenvalue weighted by atomic mass is 10.1. The van der Waals surface area contributed by atoms with Crippen LogP contribution in [0.2, 0.25) is 0 Å². The maximum absolute atomic E-state index is 7.47. The smallest absolute Gasteiger partial charge is 0.174 e. The number of nitrogens with one attached hydrogen (secondary N) is 1. The van der Waals surface area contributed by atoms with Gasteiger partial charge >= 0.3 is 0 Å². The number of nitrogen functional groups attached to an aromatic ring is 1. The molecule has 7 heteroatoms. The van der Waals surface area contributed by atoms with Crippen LogP contribution < -0.4 is 10.5 Å². The molecular weight excluding hydrogens is 280 g/mol. The number of hydrogen-bond acceptors (Lipinski definition) is 6. The molecule has 19 heavy (non-hydrogen) atoms. The SMILES string of the molecule is COc1ccc(C(=N)N)cc1CSc1nnc(C)s1. The topological polar surface area (TPSA) is 84.9 Å². The zero-order valence-electron chi connectivity index (χ0n) is 10.6. The first-order valence-electron chi connectivity index (χ1n) is 5.54.